The van der Waals surface area contributed by atoms with Gasteiger partial charge in [-0.3, -0.25) is 4.57 Å². The Balaban J connectivity index is 0.000000127. The molecule has 23 aromatic rings. The lowest BCUT2D eigenvalue weighted by atomic mass is 9.90. The van der Waals surface area contributed by atoms with E-state index in [4.69, 9.17) is 54.4 Å². The van der Waals surface area contributed by atoms with Crippen molar-refractivity contribution in [1.29, 1.82) is 31.6 Å². The first kappa shape index (κ1) is 86.7. The molecule has 0 atom stereocenters. The standard InChI is InChI=1S/C46H24N6.C43H22N8.C34H17N5/c1-49-38-17-8-11-30(27-47)44(38)29-21-23-42-37(25-29)46-35(45-31(28-48)12-9-18-39(45)50-2)16-10-20-43(46)52(42)33-22-24-41-36(26-33)34-15-6-7-19-40(34)51(41)32-13-4-3-5-14-32;1-46-34-19-9-16-30(25-44)38(34)29-22-23-36-33(24-29)40-32(39-31(26-45)17-10-20-35(39)47-2)18-11-21-37(40)51(36)43-49-41(27-12-5-3-6-13-27)48-42(50-43)28-14-7-4-8-15-28;1-37-27-16-6-10-22(20-35)31(27)25-14-8-18-29-33(25)34-26(32-23(21-36)11-7-17-28(32)38-2)15-9-19-30(34)39(29)24-12-4-3-5-13-24/h3-26H;3-24H;3-19H. The van der Waals surface area contributed by atoms with E-state index in [1.807, 2.05) is 217 Å². The maximum absolute atomic E-state index is 10.2. The lowest BCUT2D eigenvalue weighted by Crippen LogP contribution is -2.06. The SMILES string of the molecule is [C-]#[N+]c1cccc(C#N)c1-c1ccc2c(c1)c1c(-c3c(C#N)cccc3[N+]#[C-])cccc1n2-c1ccc2c(c1)c1ccccc1n2-c1ccccc1.[C-]#[N+]c1cccc(C#N)c1-c1ccc2c(c1)c1c(-c3c(C#N)cccc3[N+]#[C-])cccc1n2-c1nc(-c2ccccc2)nc(-c2ccccc2)n1.[C-]#[N+]c1cccc(C#N)c1-c1cccc2c1c1c(-c3c(C#N)cccc3[N+]#[C-])cccc1n2-c1ccccc1. The van der Waals surface area contributed by atoms with Gasteiger partial charge in [0.15, 0.2) is 45.8 Å². The quantitative estimate of drug-likeness (QED) is 0.106. The topological polar surface area (TPSA) is 227 Å². The van der Waals surface area contributed by atoms with Crippen LogP contribution in [-0.2, 0) is 0 Å². The molecule has 0 aliphatic heterocycles. The van der Waals surface area contributed by atoms with Gasteiger partial charge in [0.25, 0.3) is 0 Å². The smallest absolute Gasteiger partial charge is 0.238 e. The van der Waals surface area contributed by atoms with Crippen molar-refractivity contribution in [2.75, 3.05) is 0 Å². The fourth-order valence-electron chi connectivity index (χ4n) is 19.7. The molecular formula is C123H63N19. The van der Waals surface area contributed by atoms with Gasteiger partial charge >= 0.3 is 0 Å². The molecule has 18 aromatic carbocycles. The number of hydrogen-bond acceptors (Lipinski definition) is 9. The van der Waals surface area contributed by atoms with Gasteiger partial charge in [-0.15, -0.1) is 0 Å². The summed E-state index contributed by atoms with van der Waals surface area (Å²) in [4.78, 5) is 37.6. The Hall–Kier alpha value is -21.9. The molecule has 0 amide bonds. The van der Waals surface area contributed by atoms with Crippen molar-refractivity contribution in [3.63, 3.8) is 0 Å². The molecule has 650 valence electrons. The number of para-hydroxylation sites is 3. The lowest BCUT2D eigenvalue weighted by Gasteiger charge is -2.12. The third-order valence-corrected chi connectivity index (χ3v) is 25.6. The Kier molecular flexibility index (Phi) is 22.5. The van der Waals surface area contributed by atoms with Crippen LogP contribution in [0.2, 0.25) is 0 Å². The minimum Gasteiger partial charge on any atom is -0.309 e. The number of nitrogens with zero attached hydrogens (tertiary/aromatic N) is 19. The van der Waals surface area contributed by atoms with Crippen molar-refractivity contribution in [2.24, 2.45) is 0 Å². The van der Waals surface area contributed by atoms with Gasteiger partial charge in [0.1, 0.15) is 0 Å². The fourth-order valence-corrected chi connectivity index (χ4v) is 19.7. The summed E-state index contributed by atoms with van der Waals surface area (Å²) in [6.07, 6.45) is 0. The summed E-state index contributed by atoms with van der Waals surface area (Å²) in [5, 5.41) is 67.8. The van der Waals surface area contributed by atoms with E-state index < -0.39 is 0 Å². The van der Waals surface area contributed by atoms with E-state index in [0.717, 1.165) is 138 Å². The zero-order valence-electron chi connectivity index (χ0n) is 74.9. The van der Waals surface area contributed by atoms with E-state index in [2.05, 4.69) is 140 Å². The molecule has 0 bridgehead atoms. The number of aromatic nitrogens is 7. The Morgan fingerprint density at radius 1 is 0.197 bits per heavy atom. The Labute approximate surface area is 813 Å². The van der Waals surface area contributed by atoms with Gasteiger partial charge in [-0.1, -0.05) is 249 Å². The van der Waals surface area contributed by atoms with Crippen molar-refractivity contribution in [3.8, 4) is 149 Å². The van der Waals surface area contributed by atoms with Gasteiger partial charge in [0.2, 0.25) is 5.95 Å². The summed E-state index contributed by atoms with van der Waals surface area (Å²) in [6, 6.07) is 135. The predicted octanol–water partition coefficient (Wildman–Crippen LogP) is 31.5. The number of nitriles is 6. The van der Waals surface area contributed by atoms with Crippen LogP contribution in [0, 0.1) is 107 Å². The summed E-state index contributed by atoms with van der Waals surface area (Å²) in [5.41, 5.74) is 24.4. The normalized spacial score (nSPS) is 10.7. The van der Waals surface area contributed by atoms with Crippen molar-refractivity contribution >= 4 is 121 Å². The highest BCUT2D eigenvalue weighted by Crippen LogP contribution is 2.52. The van der Waals surface area contributed by atoms with Gasteiger partial charge in [-0.25, -0.2) is 34.1 Å². The molecule has 23 rings (SSSR count). The number of rotatable bonds is 12. The molecule has 0 saturated carbocycles. The molecule has 5 heterocycles. The average Bonchev–Trinajstić information content (AvgIpc) is 1.55. The summed E-state index contributed by atoms with van der Waals surface area (Å²) < 4.78 is 8.63. The van der Waals surface area contributed by atoms with Crippen LogP contribution in [0.3, 0.4) is 0 Å². The van der Waals surface area contributed by atoms with Crippen molar-refractivity contribution in [1.82, 2.24) is 33.2 Å². The van der Waals surface area contributed by atoms with Crippen molar-refractivity contribution < 1.29 is 0 Å². The highest BCUT2D eigenvalue weighted by atomic mass is 15.2. The highest BCUT2D eigenvalue weighted by Gasteiger charge is 2.30. The van der Waals surface area contributed by atoms with Gasteiger partial charge in [0.05, 0.1) is 120 Å². The zero-order valence-corrected chi connectivity index (χ0v) is 74.9. The summed E-state index contributed by atoms with van der Waals surface area (Å²) in [5.74, 6) is 1.37. The second-order valence-electron chi connectivity index (χ2n) is 33.0. The third kappa shape index (κ3) is 14.7. The molecule has 0 unspecified atom stereocenters. The molecule has 5 aromatic heterocycles. The molecule has 0 fully saturated rings. The number of benzene rings is 18. The maximum Gasteiger partial charge on any atom is 0.238 e. The molecule has 0 radical (unpaired) electrons. The van der Waals surface area contributed by atoms with E-state index in [1.165, 1.54) is 0 Å². The first-order chi connectivity index (χ1) is 70.0. The van der Waals surface area contributed by atoms with Crippen LogP contribution < -0.4 is 0 Å². The van der Waals surface area contributed by atoms with E-state index >= 15 is 0 Å². The van der Waals surface area contributed by atoms with Crippen LogP contribution in [0.25, 0.3) is 229 Å². The third-order valence-electron chi connectivity index (χ3n) is 25.6. The zero-order chi connectivity index (χ0) is 97.2. The predicted molar refractivity (Wildman–Crippen MR) is 559 cm³/mol. The Bertz CT molecular complexity index is 9460. The van der Waals surface area contributed by atoms with Gasteiger partial charge < -0.3 is 13.7 Å². The monoisotopic (exact) mass is 1810 g/mol. The first-order valence-electron chi connectivity index (χ1n) is 44.7. The minimum atomic E-state index is 0.349. The van der Waals surface area contributed by atoms with E-state index in [9.17, 15) is 31.6 Å². The van der Waals surface area contributed by atoms with Crippen LogP contribution in [0.15, 0.2) is 382 Å². The van der Waals surface area contributed by atoms with Crippen LogP contribution in [0.5, 0.6) is 0 Å². The molecule has 0 spiro atoms. The summed E-state index contributed by atoms with van der Waals surface area (Å²) in [7, 11) is 0. The number of hydrogen-bond donors (Lipinski definition) is 0. The van der Waals surface area contributed by atoms with Gasteiger partial charge in [-0.2, -0.15) is 41.5 Å². The Morgan fingerprint density at radius 3 is 0.845 bits per heavy atom. The minimum absolute atomic E-state index is 0.349. The summed E-state index contributed by atoms with van der Waals surface area (Å²) >= 11 is 0. The largest absolute Gasteiger partial charge is 0.309 e. The van der Waals surface area contributed by atoms with E-state index in [-0.39, 0.29) is 0 Å². The number of fused-ring (bicyclic) bond motifs is 12. The molecule has 0 aliphatic rings. The first-order valence-corrected chi connectivity index (χ1v) is 44.7. The Morgan fingerprint density at radius 2 is 0.472 bits per heavy atom. The molecular weight excluding hydrogens is 1740 g/mol. The van der Waals surface area contributed by atoms with Crippen molar-refractivity contribution in [2.45, 2.75) is 0 Å². The van der Waals surface area contributed by atoms with Gasteiger partial charge in [-0.05, 0) is 167 Å². The molecule has 19 nitrogen and oxygen atoms in total. The van der Waals surface area contributed by atoms with Crippen LogP contribution in [0.4, 0.5) is 34.1 Å². The lowest BCUT2D eigenvalue weighted by molar-refractivity contribution is 0.953. The summed E-state index contributed by atoms with van der Waals surface area (Å²) in [6.45, 7) is 47.4. The second kappa shape index (κ2) is 36.9. The average molecular weight is 1810 g/mol. The highest BCUT2D eigenvalue weighted by molar-refractivity contribution is 6.24. The second-order valence-corrected chi connectivity index (χ2v) is 33.0. The van der Waals surface area contributed by atoms with Gasteiger partial charge in [0, 0.05) is 138 Å². The maximum atomic E-state index is 10.2. The van der Waals surface area contributed by atoms with Crippen LogP contribution in [0.1, 0.15) is 33.4 Å². The molecule has 0 N–H and O–H groups in total. The molecule has 142 heavy (non-hydrogen) atoms. The van der Waals surface area contributed by atoms with E-state index in [0.29, 0.717) is 130 Å². The van der Waals surface area contributed by atoms with Crippen molar-refractivity contribution in [3.05, 3.63) is 484 Å². The molecule has 19 heteroatoms. The fraction of sp³-hybridized carbons (Fsp3) is 0. The molecule has 0 aliphatic carbocycles. The molecule has 0 saturated heterocycles. The van der Waals surface area contributed by atoms with Crippen LogP contribution >= 0.6 is 0 Å². The van der Waals surface area contributed by atoms with E-state index in [1.54, 1.807) is 109 Å². The van der Waals surface area contributed by atoms with Crippen LogP contribution in [-0.4, -0.2) is 33.2 Å².